The van der Waals surface area contributed by atoms with Gasteiger partial charge in [0.1, 0.15) is 24.2 Å². The molecule has 0 bridgehead atoms. The first-order chi connectivity index (χ1) is 22.7. The molecule has 1 saturated heterocycles. The largest absolute Gasteiger partial charge is 0.507 e. The number of carbonyl (C=O) groups is 2. The second-order valence-electron chi connectivity index (χ2n) is 12.0. The van der Waals surface area contributed by atoms with Crippen molar-refractivity contribution in [2.75, 3.05) is 11.5 Å². The molecule has 238 valence electrons. The Balaban J connectivity index is 1.37. The molecule has 8 nitrogen and oxygen atoms in total. The second-order valence-corrected chi connectivity index (χ2v) is 13.0. The fourth-order valence-corrected chi connectivity index (χ4v) is 7.52. The molecule has 1 aromatic heterocycles. The van der Waals surface area contributed by atoms with E-state index < -0.39 is 17.7 Å². The van der Waals surface area contributed by atoms with Gasteiger partial charge in [-0.05, 0) is 91.9 Å². The van der Waals surface area contributed by atoms with Gasteiger partial charge >= 0.3 is 5.91 Å². The number of carbonyl (C=O) groups excluding carboxylic acids is 2. The number of ether oxygens (including phenoxy) is 3. The van der Waals surface area contributed by atoms with E-state index in [4.69, 9.17) is 19.2 Å². The van der Waals surface area contributed by atoms with Gasteiger partial charge in [0.25, 0.3) is 5.78 Å². The number of thiazole rings is 1. The van der Waals surface area contributed by atoms with Crippen molar-refractivity contribution >= 4 is 44.1 Å². The lowest BCUT2D eigenvalue weighted by Crippen LogP contribution is -2.29. The predicted octanol–water partition coefficient (Wildman–Crippen LogP) is 7.84. The van der Waals surface area contributed by atoms with Crippen LogP contribution in [0.5, 0.6) is 17.2 Å². The van der Waals surface area contributed by atoms with Crippen molar-refractivity contribution in [3.05, 3.63) is 118 Å². The SMILES string of the molecule is CCOc1cc([C@H]2/C(=C(\O)c3ccc4c(c3)C[C@@H](C)O4)C(=O)C(=O)N2c2nc3c(C)cc(C)cc3s2)ccc1OCc1ccccc1. The number of benzene rings is 4. The first-order valence-corrected chi connectivity index (χ1v) is 16.5. The van der Waals surface area contributed by atoms with Crippen molar-refractivity contribution in [2.45, 2.75) is 52.9 Å². The molecule has 0 saturated carbocycles. The monoisotopic (exact) mass is 646 g/mol. The summed E-state index contributed by atoms with van der Waals surface area (Å²) in [5.41, 5.74) is 5.75. The van der Waals surface area contributed by atoms with E-state index in [1.165, 1.54) is 16.2 Å². The van der Waals surface area contributed by atoms with Gasteiger partial charge in [-0.3, -0.25) is 14.5 Å². The van der Waals surface area contributed by atoms with E-state index in [1.807, 2.05) is 76.2 Å². The highest BCUT2D eigenvalue weighted by atomic mass is 32.1. The maximum Gasteiger partial charge on any atom is 0.301 e. The quantitative estimate of drug-likeness (QED) is 0.104. The van der Waals surface area contributed by atoms with Gasteiger partial charge in [0.2, 0.25) is 0 Å². The Bertz CT molecular complexity index is 2070. The standard InChI is InChI=1S/C38H34N2O6S/c1-5-44-30-19-25(11-14-29(30)45-20-24-9-7-6-8-10-24)34-32(35(41)26-12-13-28-27(18-26)17-23(4)46-28)36(42)37(43)40(34)38-39-33-22(3)15-21(2)16-31(33)47-38/h6-16,18-19,23,34,41H,5,17,20H2,1-4H3/b35-32+/t23-,34+/m1/s1. The number of nitrogens with zero attached hydrogens (tertiary/aromatic N) is 2. The number of rotatable bonds is 8. The van der Waals surface area contributed by atoms with E-state index >= 15 is 0 Å². The topological polar surface area (TPSA) is 98.2 Å². The molecular formula is C38H34N2O6S. The molecule has 0 unspecified atom stereocenters. The summed E-state index contributed by atoms with van der Waals surface area (Å²) in [6, 6.07) is 23.6. The molecule has 47 heavy (non-hydrogen) atoms. The number of aromatic nitrogens is 1. The Hall–Kier alpha value is -5.15. The molecule has 5 aromatic rings. The Morgan fingerprint density at radius 1 is 1.00 bits per heavy atom. The first-order valence-electron chi connectivity index (χ1n) is 15.6. The van der Waals surface area contributed by atoms with Crippen LogP contribution in [0.25, 0.3) is 16.0 Å². The zero-order valence-electron chi connectivity index (χ0n) is 26.6. The Morgan fingerprint density at radius 2 is 1.81 bits per heavy atom. The molecule has 7 rings (SSSR count). The molecule has 9 heteroatoms. The average Bonchev–Trinajstić information content (AvgIpc) is 3.73. The zero-order valence-corrected chi connectivity index (χ0v) is 27.4. The van der Waals surface area contributed by atoms with E-state index in [2.05, 4.69) is 0 Å². The van der Waals surface area contributed by atoms with Gasteiger partial charge in [0, 0.05) is 12.0 Å². The molecular weight excluding hydrogens is 612 g/mol. The van der Waals surface area contributed by atoms with Gasteiger partial charge in [-0.15, -0.1) is 0 Å². The highest BCUT2D eigenvalue weighted by molar-refractivity contribution is 7.22. The molecule has 4 aromatic carbocycles. The summed E-state index contributed by atoms with van der Waals surface area (Å²) in [6.07, 6.45) is 0.694. The van der Waals surface area contributed by atoms with Crippen molar-refractivity contribution < 1.29 is 28.9 Å². The minimum Gasteiger partial charge on any atom is -0.507 e. The zero-order chi connectivity index (χ0) is 32.8. The van der Waals surface area contributed by atoms with Crippen molar-refractivity contribution in [1.82, 2.24) is 4.98 Å². The number of hydrogen-bond acceptors (Lipinski definition) is 8. The van der Waals surface area contributed by atoms with Crippen molar-refractivity contribution in [3.8, 4) is 17.2 Å². The van der Waals surface area contributed by atoms with Crippen LogP contribution in [0, 0.1) is 13.8 Å². The van der Waals surface area contributed by atoms with Gasteiger partial charge < -0.3 is 19.3 Å². The minimum atomic E-state index is -0.970. The normalized spacial score (nSPS) is 18.4. The Labute approximate surface area is 276 Å². The third-order valence-electron chi connectivity index (χ3n) is 8.46. The summed E-state index contributed by atoms with van der Waals surface area (Å²) in [5.74, 6) is -0.0638. The minimum absolute atomic E-state index is 0.0127. The van der Waals surface area contributed by atoms with E-state index in [1.54, 1.807) is 30.3 Å². The first kappa shape index (κ1) is 30.5. The highest BCUT2D eigenvalue weighted by Crippen LogP contribution is 2.46. The van der Waals surface area contributed by atoms with Gasteiger partial charge in [-0.1, -0.05) is 53.8 Å². The van der Waals surface area contributed by atoms with Crippen LogP contribution in [0.3, 0.4) is 0 Å². The van der Waals surface area contributed by atoms with Crippen molar-refractivity contribution in [3.63, 3.8) is 0 Å². The molecule has 2 aliphatic rings. The van der Waals surface area contributed by atoms with Crippen LogP contribution in [-0.2, 0) is 22.6 Å². The van der Waals surface area contributed by atoms with Crippen LogP contribution in [0.2, 0.25) is 0 Å². The Kier molecular flexibility index (Phi) is 7.93. The molecule has 1 fully saturated rings. The summed E-state index contributed by atoms with van der Waals surface area (Å²) in [4.78, 5) is 34.1. The molecule has 1 N–H and O–H groups in total. The lowest BCUT2D eigenvalue weighted by molar-refractivity contribution is -0.132. The summed E-state index contributed by atoms with van der Waals surface area (Å²) in [7, 11) is 0. The molecule has 0 spiro atoms. The van der Waals surface area contributed by atoms with Gasteiger partial charge in [-0.2, -0.15) is 0 Å². The van der Waals surface area contributed by atoms with Gasteiger partial charge in [-0.25, -0.2) is 4.98 Å². The third kappa shape index (κ3) is 5.61. The summed E-state index contributed by atoms with van der Waals surface area (Å²) < 4.78 is 18.9. The average molecular weight is 647 g/mol. The van der Waals surface area contributed by atoms with Crippen LogP contribution < -0.4 is 19.1 Å². The van der Waals surface area contributed by atoms with E-state index in [0.29, 0.717) is 47.4 Å². The predicted molar refractivity (Wildman–Crippen MR) is 182 cm³/mol. The molecule has 1 amide bonds. The van der Waals surface area contributed by atoms with Crippen LogP contribution in [0.4, 0.5) is 5.13 Å². The van der Waals surface area contributed by atoms with E-state index in [-0.39, 0.29) is 17.4 Å². The highest BCUT2D eigenvalue weighted by Gasteiger charge is 2.48. The molecule has 0 aliphatic carbocycles. The summed E-state index contributed by atoms with van der Waals surface area (Å²) in [6.45, 7) is 8.56. The van der Waals surface area contributed by atoms with Crippen LogP contribution in [0.1, 0.15) is 53.3 Å². The van der Waals surface area contributed by atoms with Crippen LogP contribution in [-0.4, -0.2) is 34.5 Å². The van der Waals surface area contributed by atoms with Crippen molar-refractivity contribution in [1.29, 1.82) is 0 Å². The molecule has 0 radical (unpaired) electrons. The number of aryl methyl sites for hydroxylation is 2. The lowest BCUT2D eigenvalue weighted by Gasteiger charge is -2.24. The smallest absolute Gasteiger partial charge is 0.301 e. The van der Waals surface area contributed by atoms with Gasteiger partial charge in [0.15, 0.2) is 16.6 Å². The molecule has 2 aliphatic heterocycles. The van der Waals surface area contributed by atoms with Crippen LogP contribution in [0.15, 0.2) is 84.4 Å². The van der Waals surface area contributed by atoms with Crippen LogP contribution >= 0.6 is 11.3 Å². The number of Topliss-reactive ketones (excluding diaryl/α,β-unsaturated/α-hetero) is 1. The Morgan fingerprint density at radius 3 is 2.60 bits per heavy atom. The number of amides is 1. The fourth-order valence-electron chi connectivity index (χ4n) is 6.35. The molecule has 2 atom stereocenters. The number of fused-ring (bicyclic) bond motifs is 2. The van der Waals surface area contributed by atoms with E-state index in [0.717, 1.165) is 38.2 Å². The summed E-state index contributed by atoms with van der Waals surface area (Å²) >= 11 is 1.34. The fraction of sp³-hybridized carbons (Fsp3) is 0.237. The number of aliphatic hydroxyl groups excluding tert-OH is 1. The number of anilines is 1. The second kappa shape index (κ2) is 12.2. The lowest BCUT2D eigenvalue weighted by atomic mass is 9.94. The number of ketones is 1. The third-order valence-corrected chi connectivity index (χ3v) is 9.46. The van der Waals surface area contributed by atoms with Gasteiger partial charge in [0.05, 0.1) is 28.4 Å². The maximum absolute atomic E-state index is 14.0. The van der Waals surface area contributed by atoms with E-state index in [9.17, 15) is 14.7 Å². The summed E-state index contributed by atoms with van der Waals surface area (Å²) in [5, 5.41) is 12.2. The molecule has 3 heterocycles. The van der Waals surface area contributed by atoms with Crippen molar-refractivity contribution in [2.24, 2.45) is 0 Å². The maximum atomic E-state index is 14.0. The number of hydrogen-bond donors (Lipinski definition) is 1. The number of aliphatic hydroxyl groups is 1.